The Morgan fingerprint density at radius 1 is 0.341 bits per heavy atom. The Morgan fingerprint density at radius 2 is 0.773 bits per heavy atom. The van der Waals surface area contributed by atoms with Crippen LogP contribution in [0, 0.1) is 0 Å². The van der Waals surface area contributed by atoms with Crippen molar-refractivity contribution in [3.8, 4) is 34.4 Å². The highest BCUT2D eigenvalue weighted by molar-refractivity contribution is 6.10. The van der Waals surface area contributed by atoms with E-state index < -0.39 is 0 Å². The van der Waals surface area contributed by atoms with Crippen LogP contribution < -0.4 is 0 Å². The normalized spacial score (nSPS) is 11.6. The van der Waals surface area contributed by atoms with Gasteiger partial charge in [0.1, 0.15) is 0 Å². The zero-order chi connectivity index (χ0) is 29.0. The van der Waals surface area contributed by atoms with Crippen LogP contribution in [0.5, 0.6) is 0 Å². The first-order chi connectivity index (χ1) is 21.8. The van der Waals surface area contributed by atoms with Crippen LogP contribution in [0.2, 0.25) is 0 Å². The van der Waals surface area contributed by atoms with Crippen molar-refractivity contribution in [2.75, 3.05) is 0 Å². The zero-order valence-corrected chi connectivity index (χ0v) is 23.7. The summed E-state index contributed by atoms with van der Waals surface area (Å²) < 4.78 is 4.47. The summed E-state index contributed by atoms with van der Waals surface area (Å²) in [6, 6.07) is 52.6. The molecule has 0 saturated carbocycles. The summed E-state index contributed by atoms with van der Waals surface area (Å²) in [7, 11) is 0. The van der Waals surface area contributed by atoms with Crippen LogP contribution in [-0.4, -0.2) is 24.1 Å². The molecule has 0 N–H and O–H groups in total. The zero-order valence-electron chi connectivity index (χ0n) is 23.7. The minimum atomic E-state index is 0.591. The monoisotopic (exact) mass is 563 g/mol. The summed E-state index contributed by atoms with van der Waals surface area (Å²) in [5.74, 6) is 1.85. The quantitative estimate of drug-likeness (QED) is 0.214. The lowest BCUT2D eigenvalue weighted by Crippen LogP contribution is -2.06. The first kappa shape index (κ1) is 24.5. The molecule has 0 saturated heterocycles. The number of fused-ring (bicyclic) bond motifs is 6. The van der Waals surface area contributed by atoms with E-state index in [1.165, 1.54) is 21.5 Å². The Labute approximate surface area is 253 Å². The molecular weight excluding hydrogens is 538 g/mol. The van der Waals surface area contributed by atoms with Crippen molar-refractivity contribution in [2.24, 2.45) is 0 Å². The van der Waals surface area contributed by atoms with Crippen molar-refractivity contribution in [3.05, 3.63) is 152 Å². The molecule has 0 unspecified atom stereocenters. The SMILES string of the molecule is c1ccc(-c2nc(-c3cccc(-n4c5ccccc5c5ccccc54)c3)nc(-n3c4ccccc4c4ccccc43)n2)cc1. The van der Waals surface area contributed by atoms with Gasteiger partial charge in [0, 0.05) is 38.4 Å². The van der Waals surface area contributed by atoms with Gasteiger partial charge >= 0.3 is 0 Å². The molecule has 5 nitrogen and oxygen atoms in total. The van der Waals surface area contributed by atoms with Gasteiger partial charge in [-0.1, -0.05) is 115 Å². The standard InChI is InChI=1S/C39H25N5/c1-2-13-26(14-3-1)37-40-38(42-39(41-37)44-35-23-10-6-19-31(35)32-20-7-11-24-36(32)44)27-15-12-16-28(25-27)43-33-21-8-4-17-29(33)30-18-5-9-22-34(30)43/h1-25H. The van der Waals surface area contributed by atoms with Crippen molar-refractivity contribution < 1.29 is 0 Å². The van der Waals surface area contributed by atoms with Crippen LogP contribution in [0.15, 0.2) is 152 Å². The highest BCUT2D eigenvalue weighted by atomic mass is 15.2. The third-order valence-electron chi connectivity index (χ3n) is 8.38. The van der Waals surface area contributed by atoms with Crippen LogP contribution >= 0.6 is 0 Å². The summed E-state index contributed by atoms with van der Waals surface area (Å²) in [5.41, 5.74) is 7.37. The third kappa shape index (κ3) is 3.76. The van der Waals surface area contributed by atoms with E-state index in [0.717, 1.165) is 38.9 Å². The number of hydrogen-bond acceptors (Lipinski definition) is 3. The molecule has 0 radical (unpaired) electrons. The lowest BCUT2D eigenvalue weighted by molar-refractivity contribution is 0.953. The minimum Gasteiger partial charge on any atom is -0.309 e. The number of hydrogen-bond donors (Lipinski definition) is 0. The molecular formula is C39H25N5. The van der Waals surface area contributed by atoms with Gasteiger partial charge in [-0.2, -0.15) is 9.97 Å². The highest BCUT2D eigenvalue weighted by Crippen LogP contribution is 2.34. The smallest absolute Gasteiger partial charge is 0.238 e. The van der Waals surface area contributed by atoms with Gasteiger partial charge in [-0.3, -0.25) is 4.57 Å². The van der Waals surface area contributed by atoms with Gasteiger partial charge < -0.3 is 4.57 Å². The molecule has 9 aromatic rings. The largest absolute Gasteiger partial charge is 0.309 e. The van der Waals surface area contributed by atoms with Gasteiger partial charge in [0.25, 0.3) is 0 Å². The highest BCUT2D eigenvalue weighted by Gasteiger charge is 2.18. The van der Waals surface area contributed by atoms with E-state index in [1.807, 2.05) is 30.3 Å². The fraction of sp³-hybridized carbons (Fsp3) is 0. The van der Waals surface area contributed by atoms with Gasteiger partial charge in [0.05, 0.1) is 22.1 Å². The third-order valence-corrected chi connectivity index (χ3v) is 8.38. The molecule has 206 valence electrons. The van der Waals surface area contributed by atoms with Gasteiger partial charge in [-0.15, -0.1) is 0 Å². The second-order valence-electron chi connectivity index (χ2n) is 10.9. The van der Waals surface area contributed by atoms with E-state index in [9.17, 15) is 0 Å². The molecule has 0 aliphatic carbocycles. The van der Waals surface area contributed by atoms with Gasteiger partial charge in [0.2, 0.25) is 5.95 Å². The molecule has 9 rings (SSSR count). The summed E-state index contributed by atoms with van der Waals surface area (Å²) in [6.07, 6.45) is 0. The van der Waals surface area contributed by atoms with Crippen molar-refractivity contribution in [1.29, 1.82) is 0 Å². The molecule has 0 spiro atoms. The summed E-state index contributed by atoms with van der Waals surface area (Å²) in [5, 5.41) is 4.79. The maximum atomic E-state index is 5.15. The lowest BCUT2D eigenvalue weighted by Gasteiger charge is -2.12. The van der Waals surface area contributed by atoms with E-state index in [4.69, 9.17) is 15.0 Å². The van der Waals surface area contributed by atoms with Crippen LogP contribution in [0.4, 0.5) is 0 Å². The van der Waals surface area contributed by atoms with Gasteiger partial charge in [0.15, 0.2) is 11.6 Å². The first-order valence-corrected chi connectivity index (χ1v) is 14.7. The molecule has 6 aromatic carbocycles. The Hall–Kier alpha value is -6.07. The molecule has 0 bridgehead atoms. The fourth-order valence-corrected chi connectivity index (χ4v) is 6.43. The van der Waals surface area contributed by atoms with Gasteiger partial charge in [-0.05, 0) is 36.4 Å². The molecule has 44 heavy (non-hydrogen) atoms. The number of benzene rings is 6. The second kappa shape index (κ2) is 9.75. The Kier molecular flexibility index (Phi) is 5.43. The molecule has 0 fully saturated rings. The average molecular weight is 564 g/mol. The summed E-state index contributed by atoms with van der Waals surface area (Å²) in [6.45, 7) is 0. The second-order valence-corrected chi connectivity index (χ2v) is 10.9. The first-order valence-electron chi connectivity index (χ1n) is 14.7. The number of aromatic nitrogens is 5. The molecule has 5 heteroatoms. The van der Waals surface area contributed by atoms with E-state index >= 15 is 0 Å². The topological polar surface area (TPSA) is 48.5 Å². The van der Waals surface area contributed by atoms with Crippen molar-refractivity contribution in [2.45, 2.75) is 0 Å². The van der Waals surface area contributed by atoms with Gasteiger partial charge in [-0.25, -0.2) is 4.98 Å². The van der Waals surface area contributed by atoms with Crippen LogP contribution in [-0.2, 0) is 0 Å². The summed E-state index contributed by atoms with van der Waals surface area (Å²) in [4.78, 5) is 15.3. The van der Waals surface area contributed by atoms with E-state index in [0.29, 0.717) is 17.6 Å². The molecule has 3 aromatic heterocycles. The Balaban J connectivity index is 1.30. The lowest BCUT2D eigenvalue weighted by atomic mass is 10.1. The van der Waals surface area contributed by atoms with E-state index in [1.54, 1.807) is 0 Å². The predicted octanol–water partition coefficient (Wildman–Crippen LogP) is 9.40. The fourth-order valence-electron chi connectivity index (χ4n) is 6.43. The van der Waals surface area contributed by atoms with E-state index in [2.05, 4.69) is 130 Å². The molecule has 0 aliphatic rings. The Bertz CT molecular complexity index is 2400. The number of nitrogens with zero attached hydrogens (tertiary/aromatic N) is 5. The van der Waals surface area contributed by atoms with Crippen molar-refractivity contribution in [3.63, 3.8) is 0 Å². The predicted molar refractivity (Wildman–Crippen MR) is 179 cm³/mol. The molecule has 0 atom stereocenters. The molecule has 3 heterocycles. The van der Waals surface area contributed by atoms with Crippen LogP contribution in [0.1, 0.15) is 0 Å². The summed E-state index contributed by atoms with van der Waals surface area (Å²) >= 11 is 0. The Morgan fingerprint density at radius 3 is 1.32 bits per heavy atom. The van der Waals surface area contributed by atoms with E-state index in [-0.39, 0.29) is 0 Å². The average Bonchev–Trinajstić information content (AvgIpc) is 3.62. The minimum absolute atomic E-state index is 0.591. The van der Waals surface area contributed by atoms with Crippen LogP contribution in [0.25, 0.3) is 78.0 Å². The maximum absolute atomic E-state index is 5.15. The van der Waals surface area contributed by atoms with Crippen molar-refractivity contribution >= 4 is 43.6 Å². The maximum Gasteiger partial charge on any atom is 0.238 e. The number of para-hydroxylation sites is 4. The van der Waals surface area contributed by atoms with Crippen LogP contribution in [0.3, 0.4) is 0 Å². The number of rotatable bonds is 4. The molecule has 0 aliphatic heterocycles. The molecule has 0 amide bonds. The van der Waals surface area contributed by atoms with Crippen molar-refractivity contribution in [1.82, 2.24) is 24.1 Å².